The number of carbonyl (C=O) groups excluding carboxylic acids is 1. The van der Waals surface area contributed by atoms with Crippen LogP contribution in [0.5, 0.6) is 5.75 Å². The average molecular weight is 281 g/mol. The topological polar surface area (TPSA) is 47.9 Å². The molecule has 1 heterocycles. The Morgan fingerprint density at radius 3 is 2.52 bits per heavy atom. The quantitative estimate of drug-likeness (QED) is 0.807. The van der Waals surface area contributed by atoms with Crippen molar-refractivity contribution in [3.05, 3.63) is 65.7 Å². The van der Waals surface area contributed by atoms with Gasteiger partial charge in [0.05, 0.1) is 7.11 Å². The second-order valence-electron chi connectivity index (χ2n) is 4.80. The summed E-state index contributed by atoms with van der Waals surface area (Å²) in [6, 6.07) is 16.8. The van der Waals surface area contributed by atoms with Crippen molar-refractivity contribution in [3.63, 3.8) is 0 Å². The maximum atomic E-state index is 12.4. The van der Waals surface area contributed by atoms with Gasteiger partial charge in [0, 0.05) is 12.0 Å². The lowest BCUT2D eigenvalue weighted by atomic mass is 9.99. The summed E-state index contributed by atoms with van der Waals surface area (Å²) in [4.78, 5) is 17.8. The van der Waals surface area contributed by atoms with Crippen molar-refractivity contribution >= 4 is 11.5 Å². The molecular weight excluding hydrogens is 266 g/mol. The summed E-state index contributed by atoms with van der Waals surface area (Å²) in [6.07, 6.45) is 0.318. The smallest absolute Gasteiger partial charge is 0.210 e. The molecule has 0 fully saturated rings. The zero-order chi connectivity index (χ0) is 14.7. The van der Waals surface area contributed by atoms with E-state index in [4.69, 9.17) is 9.57 Å². The zero-order valence-corrected chi connectivity index (χ0v) is 11.7. The Hall–Kier alpha value is -2.62. The van der Waals surface area contributed by atoms with E-state index in [-0.39, 0.29) is 11.9 Å². The Morgan fingerprint density at radius 2 is 1.86 bits per heavy atom. The Labute approximate surface area is 123 Å². The summed E-state index contributed by atoms with van der Waals surface area (Å²) < 4.78 is 5.08. The van der Waals surface area contributed by atoms with E-state index >= 15 is 0 Å². The van der Waals surface area contributed by atoms with E-state index in [1.165, 1.54) is 0 Å². The van der Waals surface area contributed by atoms with Crippen molar-refractivity contribution in [2.24, 2.45) is 5.16 Å². The van der Waals surface area contributed by atoms with Gasteiger partial charge in [-0.3, -0.25) is 4.79 Å². The second kappa shape index (κ2) is 5.79. The predicted molar refractivity (Wildman–Crippen MR) is 79.6 cm³/mol. The molecule has 4 nitrogen and oxygen atoms in total. The van der Waals surface area contributed by atoms with Crippen LogP contribution in [0.4, 0.5) is 0 Å². The zero-order valence-electron chi connectivity index (χ0n) is 11.7. The molecule has 0 aliphatic carbocycles. The molecule has 2 aromatic rings. The van der Waals surface area contributed by atoms with E-state index in [1.54, 1.807) is 31.4 Å². The number of ketones is 1. The fraction of sp³-hybridized carbons (Fsp3) is 0.176. The van der Waals surface area contributed by atoms with Gasteiger partial charge in [0.2, 0.25) is 5.78 Å². The van der Waals surface area contributed by atoms with Gasteiger partial charge >= 0.3 is 0 Å². The van der Waals surface area contributed by atoms with E-state index in [0.29, 0.717) is 17.7 Å². The van der Waals surface area contributed by atoms with Crippen LogP contribution in [-0.2, 0) is 4.84 Å². The Balaban J connectivity index is 1.72. The minimum Gasteiger partial charge on any atom is -0.497 e. The molecule has 0 aromatic heterocycles. The van der Waals surface area contributed by atoms with Gasteiger partial charge in [-0.1, -0.05) is 35.5 Å². The van der Waals surface area contributed by atoms with Gasteiger partial charge in [-0.05, 0) is 29.8 Å². The van der Waals surface area contributed by atoms with Crippen molar-refractivity contribution in [1.29, 1.82) is 0 Å². The summed E-state index contributed by atoms with van der Waals surface area (Å²) >= 11 is 0. The van der Waals surface area contributed by atoms with Crippen LogP contribution in [-0.4, -0.2) is 18.6 Å². The third kappa shape index (κ3) is 2.79. The van der Waals surface area contributed by atoms with Crippen LogP contribution in [0.25, 0.3) is 0 Å². The average Bonchev–Trinajstić information content (AvgIpc) is 3.05. The largest absolute Gasteiger partial charge is 0.497 e. The Morgan fingerprint density at radius 1 is 1.14 bits per heavy atom. The lowest BCUT2D eigenvalue weighted by molar-refractivity contribution is 0.0856. The third-order valence-electron chi connectivity index (χ3n) is 3.45. The first kappa shape index (κ1) is 13.4. The van der Waals surface area contributed by atoms with Crippen LogP contribution in [0.2, 0.25) is 0 Å². The number of methoxy groups -OCH3 is 1. The molecule has 0 saturated carbocycles. The number of hydrogen-bond donors (Lipinski definition) is 0. The van der Waals surface area contributed by atoms with Gasteiger partial charge in [0.1, 0.15) is 11.5 Å². The summed E-state index contributed by atoms with van der Waals surface area (Å²) in [5.74, 6) is 0.620. The lowest BCUT2D eigenvalue weighted by Gasteiger charge is -2.07. The first-order valence-electron chi connectivity index (χ1n) is 6.74. The number of benzene rings is 2. The maximum absolute atomic E-state index is 12.4. The molecule has 0 amide bonds. The van der Waals surface area contributed by atoms with Gasteiger partial charge in [0.25, 0.3) is 0 Å². The van der Waals surface area contributed by atoms with Crippen LogP contribution < -0.4 is 4.74 Å². The van der Waals surface area contributed by atoms with Crippen LogP contribution in [0.3, 0.4) is 0 Å². The van der Waals surface area contributed by atoms with Crippen LogP contribution in [0.1, 0.15) is 28.4 Å². The molecule has 2 aromatic carbocycles. The summed E-state index contributed by atoms with van der Waals surface area (Å²) in [5, 5.41) is 3.95. The molecule has 0 saturated heterocycles. The van der Waals surface area contributed by atoms with E-state index in [0.717, 1.165) is 11.3 Å². The number of oxime groups is 1. The summed E-state index contributed by atoms with van der Waals surface area (Å²) in [5.41, 5.74) is 2.07. The summed E-state index contributed by atoms with van der Waals surface area (Å²) in [6.45, 7) is 0. The third-order valence-corrected chi connectivity index (χ3v) is 3.45. The normalized spacial score (nSPS) is 17.0. The van der Waals surface area contributed by atoms with Gasteiger partial charge in [-0.25, -0.2) is 0 Å². The molecule has 1 aliphatic heterocycles. The summed E-state index contributed by atoms with van der Waals surface area (Å²) in [7, 11) is 1.59. The standard InChI is InChI=1S/C17H15NO3/c1-20-14-9-7-13(8-10-14)17(19)15-11-16(21-18-15)12-5-3-2-4-6-12/h2-10,16H,11H2,1H3. The molecule has 106 valence electrons. The van der Waals surface area contributed by atoms with Crippen molar-refractivity contribution in [3.8, 4) is 5.75 Å². The molecule has 4 heteroatoms. The van der Waals surface area contributed by atoms with Gasteiger partial charge in [-0.15, -0.1) is 0 Å². The van der Waals surface area contributed by atoms with Crippen molar-refractivity contribution in [1.82, 2.24) is 0 Å². The van der Waals surface area contributed by atoms with Crippen LogP contribution >= 0.6 is 0 Å². The van der Waals surface area contributed by atoms with E-state index < -0.39 is 0 Å². The van der Waals surface area contributed by atoms with Gasteiger partial charge in [0.15, 0.2) is 6.10 Å². The monoisotopic (exact) mass is 281 g/mol. The highest BCUT2D eigenvalue weighted by Gasteiger charge is 2.27. The predicted octanol–water partition coefficient (Wildman–Crippen LogP) is 3.40. The number of nitrogens with zero attached hydrogens (tertiary/aromatic N) is 1. The highest BCUT2D eigenvalue weighted by molar-refractivity contribution is 6.46. The Bertz CT molecular complexity index is 662. The molecule has 1 atom stereocenters. The number of hydrogen-bond acceptors (Lipinski definition) is 4. The number of rotatable bonds is 4. The molecule has 3 rings (SSSR count). The second-order valence-corrected chi connectivity index (χ2v) is 4.80. The number of ether oxygens (including phenoxy) is 1. The van der Waals surface area contributed by atoms with Crippen molar-refractivity contribution in [2.45, 2.75) is 12.5 Å². The lowest BCUT2D eigenvalue weighted by Crippen LogP contribution is -2.13. The number of Topliss-reactive ketones (excluding diaryl/α,β-unsaturated/α-hetero) is 1. The maximum Gasteiger partial charge on any atom is 0.210 e. The molecule has 1 unspecified atom stereocenters. The highest BCUT2D eigenvalue weighted by atomic mass is 16.6. The van der Waals surface area contributed by atoms with E-state index in [9.17, 15) is 4.79 Å². The fourth-order valence-electron chi connectivity index (χ4n) is 2.27. The van der Waals surface area contributed by atoms with Gasteiger partial charge in [-0.2, -0.15) is 0 Å². The van der Waals surface area contributed by atoms with Crippen LogP contribution in [0.15, 0.2) is 59.8 Å². The molecule has 21 heavy (non-hydrogen) atoms. The van der Waals surface area contributed by atoms with Gasteiger partial charge < -0.3 is 9.57 Å². The first-order valence-corrected chi connectivity index (χ1v) is 6.74. The molecule has 0 N–H and O–H groups in total. The van der Waals surface area contributed by atoms with Crippen LogP contribution in [0, 0.1) is 0 Å². The van der Waals surface area contributed by atoms with E-state index in [2.05, 4.69) is 5.16 Å². The minimum atomic E-state index is -0.177. The number of carbonyl (C=O) groups is 1. The molecule has 1 aliphatic rings. The van der Waals surface area contributed by atoms with E-state index in [1.807, 2.05) is 30.3 Å². The Kier molecular flexibility index (Phi) is 3.69. The molecule has 0 radical (unpaired) electrons. The highest BCUT2D eigenvalue weighted by Crippen LogP contribution is 2.28. The van der Waals surface area contributed by atoms with Crippen molar-refractivity contribution < 1.29 is 14.4 Å². The minimum absolute atomic E-state index is 0.101. The molecule has 0 bridgehead atoms. The fourth-order valence-corrected chi connectivity index (χ4v) is 2.27. The SMILES string of the molecule is COc1ccc(C(=O)C2=NOC(c3ccccc3)C2)cc1. The molecular formula is C17H15NO3. The van der Waals surface area contributed by atoms with Crippen molar-refractivity contribution in [2.75, 3.05) is 7.11 Å². The molecule has 0 spiro atoms. The first-order chi connectivity index (χ1) is 10.3.